The van der Waals surface area contributed by atoms with Crippen molar-refractivity contribution in [3.63, 3.8) is 0 Å². The first-order valence-corrected chi connectivity index (χ1v) is 8.63. The van der Waals surface area contributed by atoms with E-state index in [-0.39, 0.29) is 17.2 Å². The van der Waals surface area contributed by atoms with Gasteiger partial charge in [0.05, 0.1) is 24.1 Å². The van der Waals surface area contributed by atoms with Crippen molar-refractivity contribution in [2.75, 3.05) is 29.9 Å². The second-order valence-electron chi connectivity index (χ2n) is 6.36. The molecule has 0 aliphatic carbocycles. The predicted molar refractivity (Wildman–Crippen MR) is 97.7 cm³/mol. The Morgan fingerprint density at radius 3 is 2.74 bits per heavy atom. The number of piperidine rings is 1. The van der Waals surface area contributed by atoms with Gasteiger partial charge in [-0.15, -0.1) is 0 Å². The highest BCUT2D eigenvalue weighted by atomic mass is 19.1. The fraction of sp³-hybridized carbons (Fsp3) is 0.316. The molecular weight excluding hydrogens is 353 g/mol. The van der Waals surface area contributed by atoms with Crippen molar-refractivity contribution in [1.82, 2.24) is 4.98 Å². The van der Waals surface area contributed by atoms with E-state index >= 15 is 0 Å². The van der Waals surface area contributed by atoms with E-state index in [1.807, 2.05) is 6.07 Å². The van der Waals surface area contributed by atoms with Gasteiger partial charge in [0.25, 0.3) is 0 Å². The van der Waals surface area contributed by atoms with Crippen LogP contribution in [0.2, 0.25) is 0 Å². The maximum absolute atomic E-state index is 13.8. The molecule has 1 saturated heterocycles. The number of anilines is 2. The van der Waals surface area contributed by atoms with Crippen LogP contribution < -0.4 is 15.0 Å². The second kappa shape index (κ2) is 8.48. The number of carbonyl (C=O) groups is 2. The molecule has 1 fully saturated rings. The number of carbonyl (C=O) groups excluding carboxylic acids is 1. The van der Waals surface area contributed by atoms with Crippen LogP contribution in [0, 0.1) is 11.7 Å². The molecule has 2 heterocycles. The molecule has 27 heavy (non-hydrogen) atoms. The van der Waals surface area contributed by atoms with Crippen LogP contribution >= 0.6 is 0 Å². The lowest BCUT2D eigenvalue weighted by molar-refractivity contribution is -0.105. The van der Waals surface area contributed by atoms with E-state index < -0.39 is 11.8 Å². The third kappa shape index (κ3) is 4.72. The van der Waals surface area contributed by atoms with Crippen LogP contribution in [-0.2, 0) is 4.79 Å². The molecule has 2 N–H and O–H groups in total. The molecule has 0 radical (unpaired) electrons. The van der Waals surface area contributed by atoms with E-state index in [1.165, 1.54) is 12.1 Å². The molecule has 0 bridgehead atoms. The maximum Gasteiger partial charge on any atom is 0.335 e. The van der Waals surface area contributed by atoms with Crippen molar-refractivity contribution >= 4 is 23.9 Å². The Hall–Kier alpha value is -3.16. The lowest BCUT2D eigenvalue weighted by atomic mass is 9.98. The smallest absolute Gasteiger partial charge is 0.335 e. The summed E-state index contributed by atoms with van der Waals surface area (Å²) in [5, 5.41) is 11.5. The van der Waals surface area contributed by atoms with Crippen LogP contribution in [0.5, 0.6) is 5.75 Å². The summed E-state index contributed by atoms with van der Waals surface area (Å²) in [5.41, 5.74) is 0.641. The largest absolute Gasteiger partial charge is 0.490 e. The molecule has 142 valence electrons. The molecule has 0 atom stereocenters. The molecule has 3 rings (SSSR count). The Morgan fingerprint density at radius 1 is 1.33 bits per heavy atom. The number of aromatic carboxylic acids is 1. The Labute approximate surface area is 155 Å². The van der Waals surface area contributed by atoms with E-state index in [1.54, 1.807) is 12.3 Å². The molecule has 0 saturated carbocycles. The number of benzene rings is 1. The normalized spacial score (nSPS) is 14.6. The average molecular weight is 373 g/mol. The summed E-state index contributed by atoms with van der Waals surface area (Å²) in [6.45, 7) is 1.92. The number of halogens is 1. The molecule has 8 heteroatoms. The molecule has 1 amide bonds. The van der Waals surface area contributed by atoms with Crippen molar-refractivity contribution in [3.8, 4) is 5.75 Å². The van der Waals surface area contributed by atoms with Gasteiger partial charge in [0, 0.05) is 13.1 Å². The molecule has 2 aromatic rings. The highest BCUT2D eigenvalue weighted by molar-refractivity contribution is 5.88. The number of hydrogen-bond donors (Lipinski definition) is 2. The summed E-state index contributed by atoms with van der Waals surface area (Å²) in [4.78, 5) is 27.9. The number of hydrogen-bond acceptors (Lipinski definition) is 5. The van der Waals surface area contributed by atoms with Crippen LogP contribution in [-0.4, -0.2) is 42.2 Å². The number of ether oxygens (including phenoxy) is 1. The van der Waals surface area contributed by atoms with E-state index in [4.69, 9.17) is 9.84 Å². The third-order valence-electron chi connectivity index (χ3n) is 4.56. The van der Waals surface area contributed by atoms with Gasteiger partial charge in [0.2, 0.25) is 6.41 Å². The molecule has 0 unspecified atom stereocenters. The standard InChI is InChI=1S/C19H20FN3O4/c20-16-3-1-14(19(25)26)9-17(16)27-11-13-5-7-23(8-6-13)18-4-2-15(10-21-18)22-12-24/h1-4,9-10,12-13H,5-8,11H2,(H,22,24)(H,25,26). The van der Waals surface area contributed by atoms with Gasteiger partial charge in [-0.3, -0.25) is 4.79 Å². The Balaban J connectivity index is 1.52. The van der Waals surface area contributed by atoms with Crippen molar-refractivity contribution in [2.45, 2.75) is 12.8 Å². The zero-order valence-corrected chi connectivity index (χ0v) is 14.6. The van der Waals surface area contributed by atoms with Crippen LogP contribution in [0.15, 0.2) is 36.5 Å². The number of nitrogens with one attached hydrogen (secondary N) is 1. The minimum Gasteiger partial charge on any atom is -0.490 e. The van der Waals surface area contributed by atoms with Gasteiger partial charge in [0.1, 0.15) is 5.82 Å². The van der Waals surface area contributed by atoms with Crippen LogP contribution in [0.25, 0.3) is 0 Å². The SMILES string of the molecule is O=CNc1ccc(N2CCC(COc3cc(C(=O)O)ccc3F)CC2)nc1. The molecule has 1 aromatic carbocycles. The molecule has 1 aliphatic heterocycles. The monoisotopic (exact) mass is 373 g/mol. The minimum atomic E-state index is -1.12. The van der Waals surface area contributed by atoms with Crippen LogP contribution in [0.1, 0.15) is 23.2 Å². The van der Waals surface area contributed by atoms with Crippen LogP contribution in [0.3, 0.4) is 0 Å². The highest BCUT2D eigenvalue weighted by Crippen LogP contribution is 2.25. The fourth-order valence-corrected chi connectivity index (χ4v) is 3.01. The fourth-order valence-electron chi connectivity index (χ4n) is 3.01. The quantitative estimate of drug-likeness (QED) is 0.725. The summed E-state index contributed by atoms with van der Waals surface area (Å²) in [6.07, 6.45) is 3.93. The van der Waals surface area contributed by atoms with Crippen molar-refractivity contribution in [3.05, 3.63) is 47.9 Å². The van der Waals surface area contributed by atoms with Gasteiger partial charge in [-0.2, -0.15) is 0 Å². The molecule has 1 aromatic heterocycles. The molecule has 7 nitrogen and oxygen atoms in total. The highest BCUT2D eigenvalue weighted by Gasteiger charge is 2.21. The Bertz CT molecular complexity index is 805. The van der Waals surface area contributed by atoms with Gasteiger partial charge in [-0.1, -0.05) is 0 Å². The number of pyridine rings is 1. The van der Waals surface area contributed by atoms with E-state index in [0.29, 0.717) is 18.7 Å². The molecule has 0 spiro atoms. The van der Waals surface area contributed by atoms with E-state index in [0.717, 1.165) is 37.8 Å². The lowest BCUT2D eigenvalue weighted by Crippen LogP contribution is -2.36. The second-order valence-corrected chi connectivity index (χ2v) is 6.36. The first-order valence-electron chi connectivity index (χ1n) is 8.63. The van der Waals surface area contributed by atoms with E-state index in [2.05, 4.69) is 15.2 Å². The zero-order valence-electron chi connectivity index (χ0n) is 14.6. The third-order valence-corrected chi connectivity index (χ3v) is 4.56. The van der Waals surface area contributed by atoms with Crippen molar-refractivity contribution < 1.29 is 23.8 Å². The number of aromatic nitrogens is 1. The van der Waals surface area contributed by atoms with E-state index in [9.17, 15) is 14.0 Å². The summed E-state index contributed by atoms with van der Waals surface area (Å²) in [6, 6.07) is 7.19. The first-order chi connectivity index (χ1) is 13.1. The summed E-state index contributed by atoms with van der Waals surface area (Å²) >= 11 is 0. The van der Waals surface area contributed by atoms with Gasteiger partial charge >= 0.3 is 5.97 Å². The van der Waals surface area contributed by atoms with Gasteiger partial charge in [0.15, 0.2) is 11.6 Å². The number of nitrogens with zero attached hydrogens (tertiary/aromatic N) is 2. The molecule has 1 aliphatic rings. The van der Waals surface area contributed by atoms with Crippen LogP contribution in [0.4, 0.5) is 15.9 Å². The van der Waals surface area contributed by atoms with Gasteiger partial charge < -0.3 is 20.1 Å². The summed E-state index contributed by atoms with van der Waals surface area (Å²) in [5.74, 6) is -0.617. The number of rotatable bonds is 7. The van der Waals surface area contributed by atoms with Crippen molar-refractivity contribution in [2.24, 2.45) is 5.92 Å². The zero-order chi connectivity index (χ0) is 19.2. The lowest BCUT2D eigenvalue weighted by Gasteiger charge is -2.32. The van der Waals surface area contributed by atoms with Gasteiger partial charge in [-0.05, 0) is 49.1 Å². The minimum absolute atomic E-state index is 0.000176. The first kappa shape index (κ1) is 18.6. The average Bonchev–Trinajstić information content (AvgIpc) is 2.68. The Morgan fingerprint density at radius 2 is 2.11 bits per heavy atom. The van der Waals surface area contributed by atoms with Crippen molar-refractivity contribution in [1.29, 1.82) is 0 Å². The predicted octanol–water partition coefficient (Wildman–Crippen LogP) is 2.78. The number of carboxylic acids is 1. The topological polar surface area (TPSA) is 91.8 Å². The van der Waals surface area contributed by atoms with Gasteiger partial charge in [-0.25, -0.2) is 14.2 Å². The maximum atomic E-state index is 13.8. The summed E-state index contributed by atoms with van der Waals surface area (Å²) in [7, 11) is 0. The summed E-state index contributed by atoms with van der Waals surface area (Å²) < 4.78 is 19.3. The number of amides is 1. The number of carboxylic acid groups (broad SMARTS) is 1. The molecular formula is C19H20FN3O4. The Kier molecular flexibility index (Phi) is 5.85.